The smallest absolute Gasteiger partial charge is 0.119 e. The molecule has 104 valence electrons. The van der Waals surface area contributed by atoms with E-state index in [0.717, 1.165) is 30.3 Å². The first-order chi connectivity index (χ1) is 9.29. The minimum absolute atomic E-state index is 0.638. The van der Waals surface area contributed by atoms with Crippen molar-refractivity contribution >= 4 is 11.6 Å². The number of nitrogens with zero attached hydrogens (tertiary/aromatic N) is 1. The lowest BCUT2D eigenvalue weighted by molar-refractivity contribution is 0.137. The molecule has 1 aliphatic rings. The van der Waals surface area contributed by atoms with Crippen LogP contribution in [-0.4, -0.2) is 30.6 Å². The van der Waals surface area contributed by atoms with Crippen molar-refractivity contribution in [2.24, 2.45) is 0 Å². The van der Waals surface area contributed by atoms with E-state index in [1.165, 1.54) is 25.8 Å². The Kier molecular flexibility index (Phi) is 5.74. The molecule has 0 N–H and O–H groups in total. The van der Waals surface area contributed by atoms with Gasteiger partial charge in [0.25, 0.3) is 0 Å². The molecule has 0 saturated carbocycles. The van der Waals surface area contributed by atoms with Crippen LogP contribution in [0.4, 0.5) is 0 Å². The predicted octanol–water partition coefficient (Wildman–Crippen LogP) is 4.15. The number of benzene rings is 1. The lowest BCUT2D eigenvalue weighted by Gasteiger charge is -2.34. The van der Waals surface area contributed by atoms with Crippen molar-refractivity contribution in [3.05, 3.63) is 41.9 Å². The van der Waals surface area contributed by atoms with Gasteiger partial charge in [-0.2, -0.15) is 0 Å². The first-order valence-corrected chi connectivity index (χ1v) is 7.40. The largest absolute Gasteiger partial charge is 0.494 e. The van der Waals surface area contributed by atoms with Crippen molar-refractivity contribution in [3.8, 4) is 5.75 Å². The zero-order chi connectivity index (χ0) is 13.5. The Bertz CT molecular complexity index is 390. The Labute approximate surface area is 121 Å². The zero-order valence-corrected chi connectivity index (χ0v) is 12.1. The van der Waals surface area contributed by atoms with Crippen molar-refractivity contribution in [3.63, 3.8) is 0 Å². The molecule has 19 heavy (non-hydrogen) atoms. The topological polar surface area (TPSA) is 12.5 Å². The Hall–Kier alpha value is -0.990. The summed E-state index contributed by atoms with van der Waals surface area (Å²) in [5.41, 5.74) is 0. The lowest BCUT2D eigenvalue weighted by atomic mass is 10.00. The first kappa shape index (κ1) is 14.4. The average molecular weight is 280 g/mol. The van der Waals surface area contributed by atoms with Gasteiger partial charge in [0, 0.05) is 17.6 Å². The normalized spacial score (nSPS) is 20.2. The molecule has 0 bridgehead atoms. The van der Waals surface area contributed by atoms with Crippen LogP contribution in [-0.2, 0) is 0 Å². The second-order valence-electron chi connectivity index (χ2n) is 5.02. The Morgan fingerprint density at radius 2 is 2.11 bits per heavy atom. The molecule has 1 aromatic rings. The van der Waals surface area contributed by atoms with Crippen molar-refractivity contribution < 1.29 is 4.74 Å². The van der Waals surface area contributed by atoms with Crippen LogP contribution in [0.5, 0.6) is 5.75 Å². The Morgan fingerprint density at radius 1 is 1.32 bits per heavy atom. The number of halogens is 1. The van der Waals surface area contributed by atoms with Gasteiger partial charge in [-0.05, 0) is 50.1 Å². The molecule has 2 nitrogen and oxygen atoms in total. The van der Waals surface area contributed by atoms with Gasteiger partial charge >= 0.3 is 0 Å². The molecule has 0 radical (unpaired) electrons. The molecule has 0 amide bonds. The lowest BCUT2D eigenvalue weighted by Crippen LogP contribution is -2.40. The third kappa shape index (κ3) is 4.55. The van der Waals surface area contributed by atoms with E-state index < -0.39 is 0 Å². The van der Waals surface area contributed by atoms with Gasteiger partial charge in [-0.25, -0.2) is 0 Å². The van der Waals surface area contributed by atoms with E-state index in [-0.39, 0.29) is 0 Å². The standard InChI is InChI=1S/C16H22ClNO/c1-2-11-18-12-4-3-5-15(18)10-13-19-16-8-6-14(17)7-9-16/h2,6-9,15H,1,3-5,10-13H2. The summed E-state index contributed by atoms with van der Waals surface area (Å²) in [7, 11) is 0. The molecule has 1 atom stereocenters. The SMILES string of the molecule is C=CCN1CCCCC1CCOc1ccc(Cl)cc1. The summed E-state index contributed by atoms with van der Waals surface area (Å²) < 4.78 is 5.78. The molecular formula is C16H22ClNO. The molecule has 1 saturated heterocycles. The fourth-order valence-corrected chi connectivity index (χ4v) is 2.76. The maximum Gasteiger partial charge on any atom is 0.119 e. The van der Waals surface area contributed by atoms with Crippen LogP contribution in [0.2, 0.25) is 5.02 Å². The number of hydrogen-bond donors (Lipinski definition) is 0. The second kappa shape index (κ2) is 7.56. The molecule has 2 rings (SSSR count). The number of rotatable bonds is 6. The van der Waals surface area contributed by atoms with E-state index in [0.29, 0.717) is 6.04 Å². The van der Waals surface area contributed by atoms with E-state index in [9.17, 15) is 0 Å². The number of piperidine rings is 1. The van der Waals surface area contributed by atoms with Crippen LogP contribution in [0.1, 0.15) is 25.7 Å². The van der Waals surface area contributed by atoms with Crippen molar-refractivity contribution in [1.82, 2.24) is 4.90 Å². The molecule has 1 heterocycles. The number of hydrogen-bond acceptors (Lipinski definition) is 2. The number of ether oxygens (including phenoxy) is 1. The van der Waals surface area contributed by atoms with E-state index in [1.54, 1.807) is 0 Å². The zero-order valence-electron chi connectivity index (χ0n) is 11.4. The van der Waals surface area contributed by atoms with Crippen LogP contribution >= 0.6 is 11.6 Å². The Morgan fingerprint density at radius 3 is 2.84 bits per heavy atom. The van der Waals surface area contributed by atoms with Crippen LogP contribution < -0.4 is 4.74 Å². The van der Waals surface area contributed by atoms with Crippen LogP contribution in [0.25, 0.3) is 0 Å². The fourth-order valence-electron chi connectivity index (χ4n) is 2.64. The highest BCUT2D eigenvalue weighted by atomic mass is 35.5. The molecule has 1 unspecified atom stereocenters. The van der Waals surface area contributed by atoms with Gasteiger partial charge < -0.3 is 4.74 Å². The predicted molar refractivity (Wildman–Crippen MR) is 81.0 cm³/mol. The summed E-state index contributed by atoms with van der Waals surface area (Å²) in [5, 5.41) is 0.747. The minimum Gasteiger partial charge on any atom is -0.494 e. The molecule has 0 aliphatic carbocycles. The third-order valence-electron chi connectivity index (χ3n) is 3.65. The van der Waals surface area contributed by atoms with Crippen molar-refractivity contribution in [2.45, 2.75) is 31.7 Å². The van der Waals surface area contributed by atoms with Gasteiger partial charge in [0.1, 0.15) is 5.75 Å². The highest BCUT2D eigenvalue weighted by Crippen LogP contribution is 2.20. The van der Waals surface area contributed by atoms with Gasteiger partial charge in [-0.15, -0.1) is 6.58 Å². The molecule has 0 spiro atoms. The molecular weight excluding hydrogens is 258 g/mol. The molecule has 1 aromatic carbocycles. The first-order valence-electron chi connectivity index (χ1n) is 7.03. The molecule has 1 fully saturated rings. The summed E-state index contributed by atoms with van der Waals surface area (Å²) in [5.74, 6) is 0.899. The van der Waals surface area contributed by atoms with Gasteiger partial charge in [0.15, 0.2) is 0 Å². The van der Waals surface area contributed by atoms with Crippen LogP contribution in [0.15, 0.2) is 36.9 Å². The molecule has 1 aliphatic heterocycles. The van der Waals surface area contributed by atoms with Gasteiger partial charge in [-0.1, -0.05) is 24.1 Å². The van der Waals surface area contributed by atoms with E-state index in [4.69, 9.17) is 16.3 Å². The summed E-state index contributed by atoms with van der Waals surface area (Å²) in [6.45, 7) is 6.79. The molecule has 0 aromatic heterocycles. The number of likely N-dealkylation sites (tertiary alicyclic amines) is 1. The quantitative estimate of drug-likeness (QED) is 0.726. The summed E-state index contributed by atoms with van der Waals surface area (Å²) in [6.07, 6.45) is 6.99. The molecule has 3 heteroatoms. The van der Waals surface area contributed by atoms with E-state index >= 15 is 0 Å². The second-order valence-corrected chi connectivity index (χ2v) is 5.46. The van der Waals surface area contributed by atoms with E-state index in [2.05, 4.69) is 11.5 Å². The van der Waals surface area contributed by atoms with Gasteiger partial charge in [0.2, 0.25) is 0 Å². The monoisotopic (exact) mass is 279 g/mol. The van der Waals surface area contributed by atoms with Gasteiger partial charge in [0.05, 0.1) is 6.61 Å². The summed E-state index contributed by atoms with van der Waals surface area (Å²) in [6, 6.07) is 8.21. The highest BCUT2D eigenvalue weighted by molar-refractivity contribution is 6.30. The van der Waals surface area contributed by atoms with Gasteiger partial charge in [-0.3, -0.25) is 4.90 Å². The van der Waals surface area contributed by atoms with Crippen molar-refractivity contribution in [1.29, 1.82) is 0 Å². The highest BCUT2D eigenvalue weighted by Gasteiger charge is 2.20. The minimum atomic E-state index is 0.638. The van der Waals surface area contributed by atoms with Crippen LogP contribution in [0, 0.1) is 0 Å². The third-order valence-corrected chi connectivity index (χ3v) is 3.90. The van der Waals surface area contributed by atoms with Crippen LogP contribution in [0.3, 0.4) is 0 Å². The average Bonchev–Trinajstić information content (AvgIpc) is 2.43. The summed E-state index contributed by atoms with van der Waals surface area (Å²) in [4.78, 5) is 2.52. The maximum atomic E-state index is 5.85. The maximum absolute atomic E-state index is 5.85. The fraction of sp³-hybridized carbons (Fsp3) is 0.500. The Balaban J connectivity index is 1.77. The van der Waals surface area contributed by atoms with Crippen molar-refractivity contribution in [2.75, 3.05) is 19.7 Å². The summed E-state index contributed by atoms with van der Waals surface area (Å²) >= 11 is 5.85. The van der Waals surface area contributed by atoms with E-state index in [1.807, 2.05) is 30.3 Å².